The highest BCUT2D eigenvalue weighted by Gasteiger charge is 2.15. The van der Waals surface area contributed by atoms with Crippen LogP contribution in [0.2, 0.25) is 0 Å². The maximum absolute atomic E-state index is 5.51. The van der Waals surface area contributed by atoms with Gasteiger partial charge in [-0.1, -0.05) is 19.4 Å². The Balaban J connectivity index is 2.51. The first-order valence-electron chi connectivity index (χ1n) is 7.34. The molecular weight excluding hydrogens is 270 g/mol. The molecule has 0 aliphatic heterocycles. The molecule has 0 saturated carbocycles. The predicted octanol–water partition coefficient (Wildman–Crippen LogP) is 2.62. The van der Waals surface area contributed by atoms with Gasteiger partial charge in [-0.15, -0.1) is 0 Å². The van der Waals surface area contributed by atoms with Crippen LogP contribution in [-0.2, 0) is 11.3 Å². The Hall–Kier alpha value is -1.46. The Morgan fingerprint density at radius 3 is 2.33 bits per heavy atom. The normalized spacial score (nSPS) is 10.5. The van der Waals surface area contributed by atoms with Crippen LogP contribution in [-0.4, -0.2) is 41.1 Å². The minimum atomic E-state index is 0.624. The van der Waals surface area contributed by atoms with Gasteiger partial charge >= 0.3 is 0 Å². The lowest BCUT2D eigenvalue weighted by Crippen LogP contribution is -2.20. The predicted molar refractivity (Wildman–Crippen MR) is 83.5 cm³/mol. The zero-order chi connectivity index (χ0) is 15.5. The molecule has 120 valence electrons. The van der Waals surface area contributed by atoms with Gasteiger partial charge in [-0.25, -0.2) is 0 Å². The van der Waals surface area contributed by atoms with Crippen molar-refractivity contribution < 1.29 is 18.9 Å². The molecule has 0 saturated heterocycles. The first-order valence-corrected chi connectivity index (χ1v) is 7.34. The topological polar surface area (TPSA) is 49.0 Å². The second-order valence-corrected chi connectivity index (χ2v) is 4.64. The molecule has 0 fully saturated rings. The largest absolute Gasteiger partial charge is 0.493 e. The van der Waals surface area contributed by atoms with Gasteiger partial charge in [-0.3, -0.25) is 0 Å². The third-order valence-electron chi connectivity index (χ3n) is 3.17. The van der Waals surface area contributed by atoms with Crippen LogP contribution in [0.1, 0.15) is 25.3 Å². The molecular formula is C16H27NO4. The molecule has 0 radical (unpaired) electrons. The molecule has 1 aromatic carbocycles. The van der Waals surface area contributed by atoms with Crippen molar-refractivity contribution in [1.82, 2.24) is 5.32 Å². The van der Waals surface area contributed by atoms with Crippen molar-refractivity contribution in [3.05, 3.63) is 17.7 Å². The Morgan fingerprint density at radius 2 is 1.71 bits per heavy atom. The lowest BCUT2D eigenvalue weighted by molar-refractivity contribution is 0.133. The molecule has 21 heavy (non-hydrogen) atoms. The molecule has 0 aromatic heterocycles. The number of hydrogen-bond acceptors (Lipinski definition) is 5. The molecule has 0 bridgehead atoms. The van der Waals surface area contributed by atoms with E-state index in [1.807, 2.05) is 12.1 Å². The molecule has 0 aliphatic rings. The van der Waals surface area contributed by atoms with E-state index in [1.165, 1.54) is 0 Å². The summed E-state index contributed by atoms with van der Waals surface area (Å²) in [5.41, 5.74) is 1.03. The van der Waals surface area contributed by atoms with E-state index < -0.39 is 0 Å². The van der Waals surface area contributed by atoms with Crippen LogP contribution in [0.15, 0.2) is 12.1 Å². The number of rotatable bonds is 11. The highest BCUT2D eigenvalue weighted by Crippen LogP contribution is 2.39. The second-order valence-electron chi connectivity index (χ2n) is 4.64. The van der Waals surface area contributed by atoms with Crippen LogP contribution in [0.3, 0.4) is 0 Å². The van der Waals surface area contributed by atoms with E-state index in [-0.39, 0.29) is 0 Å². The summed E-state index contributed by atoms with van der Waals surface area (Å²) in [6.07, 6.45) is 2.28. The summed E-state index contributed by atoms with van der Waals surface area (Å²) in [5, 5.41) is 3.34. The summed E-state index contributed by atoms with van der Waals surface area (Å²) < 4.78 is 21.6. The summed E-state index contributed by atoms with van der Waals surface area (Å²) in [6, 6.07) is 3.86. The molecule has 0 heterocycles. The molecule has 0 unspecified atom stereocenters. The van der Waals surface area contributed by atoms with Crippen molar-refractivity contribution in [2.45, 2.75) is 26.3 Å². The first kappa shape index (κ1) is 17.6. The van der Waals surface area contributed by atoms with Crippen molar-refractivity contribution in [2.24, 2.45) is 0 Å². The number of ether oxygens (including phenoxy) is 4. The number of benzene rings is 1. The Morgan fingerprint density at radius 1 is 0.952 bits per heavy atom. The minimum Gasteiger partial charge on any atom is -0.493 e. The molecule has 0 aliphatic carbocycles. The van der Waals surface area contributed by atoms with Gasteiger partial charge in [0.15, 0.2) is 11.5 Å². The number of methoxy groups -OCH3 is 3. The van der Waals surface area contributed by atoms with Gasteiger partial charge in [0.05, 0.1) is 27.9 Å². The molecule has 0 atom stereocenters. The molecule has 5 heteroatoms. The standard InChI is InChI=1S/C16H27NO4/c1-5-6-10-21-11-9-17-12-13-7-8-14(18-2)16(20-4)15(13)19-3/h7-8,17H,5-6,9-12H2,1-4H3. The number of nitrogens with one attached hydrogen (secondary N) is 1. The maximum Gasteiger partial charge on any atom is 0.203 e. The van der Waals surface area contributed by atoms with Gasteiger partial charge < -0.3 is 24.3 Å². The Labute approximate surface area is 127 Å². The average Bonchev–Trinajstić information content (AvgIpc) is 2.52. The average molecular weight is 297 g/mol. The first-order chi connectivity index (χ1) is 10.3. The van der Waals surface area contributed by atoms with E-state index in [1.54, 1.807) is 21.3 Å². The summed E-state index contributed by atoms with van der Waals surface area (Å²) in [5.74, 6) is 2.00. The quantitative estimate of drug-likeness (QED) is 0.636. The van der Waals surface area contributed by atoms with Crippen LogP contribution in [0.25, 0.3) is 0 Å². The van der Waals surface area contributed by atoms with Crippen molar-refractivity contribution >= 4 is 0 Å². The van der Waals surface area contributed by atoms with E-state index in [2.05, 4.69) is 12.2 Å². The highest BCUT2D eigenvalue weighted by molar-refractivity contribution is 5.55. The van der Waals surface area contributed by atoms with Gasteiger partial charge in [0.2, 0.25) is 5.75 Å². The molecule has 1 rings (SSSR count). The fraction of sp³-hybridized carbons (Fsp3) is 0.625. The fourth-order valence-electron chi connectivity index (χ4n) is 2.02. The van der Waals surface area contributed by atoms with Gasteiger partial charge in [-0.2, -0.15) is 0 Å². The lowest BCUT2D eigenvalue weighted by Gasteiger charge is -2.16. The van der Waals surface area contributed by atoms with Crippen LogP contribution in [0.4, 0.5) is 0 Å². The van der Waals surface area contributed by atoms with Gasteiger partial charge in [0.1, 0.15) is 0 Å². The summed E-state index contributed by atoms with van der Waals surface area (Å²) in [7, 11) is 4.86. The lowest BCUT2D eigenvalue weighted by atomic mass is 10.1. The van der Waals surface area contributed by atoms with E-state index in [0.717, 1.165) is 38.2 Å². The Kier molecular flexibility index (Phi) is 8.62. The van der Waals surface area contributed by atoms with E-state index >= 15 is 0 Å². The van der Waals surface area contributed by atoms with E-state index in [0.29, 0.717) is 23.8 Å². The second kappa shape index (κ2) is 10.3. The van der Waals surface area contributed by atoms with Crippen LogP contribution >= 0.6 is 0 Å². The Bertz CT molecular complexity index is 410. The molecule has 1 aromatic rings. The molecule has 1 N–H and O–H groups in total. The zero-order valence-electron chi connectivity index (χ0n) is 13.5. The minimum absolute atomic E-state index is 0.624. The summed E-state index contributed by atoms with van der Waals surface area (Å²) in [6.45, 7) is 5.21. The molecule has 0 amide bonds. The van der Waals surface area contributed by atoms with Crippen molar-refractivity contribution in [1.29, 1.82) is 0 Å². The smallest absolute Gasteiger partial charge is 0.203 e. The molecule has 0 spiro atoms. The van der Waals surface area contributed by atoms with Gasteiger partial charge in [-0.05, 0) is 12.5 Å². The van der Waals surface area contributed by atoms with Gasteiger partial charge in [0.25, 0.3) is 0 Å². The highest BCUT2D eigenvalue weighted by atomic mass is 16.5. The van der Waals surface area contributed by atoms with Crippen LogP contribution < -0.4 is 19.5 Å². The van der Waals surface area contributed by atoms with Crippen LogP contribution in [0.5, 0.6) is 17.2 Å². The monoisotopic (exact) mass is 297 g/mol. The van der Waals surface area contributed by atoms with Crippen molar-refractivity contribution in [3.8, 4) is 17.2 Å². The summed E-state index contributed by atoms with van der Waals surface area (Å²) >= 11 is 0. The summed E-state index contributed by atoms with van der Waals surface area (Å²) in [4.78, 5) is 0. The van der Waals surface area contributed by atoms with Crippen LogP contribution in [0, 0.1) is 0 Å². The number of unbranched alkanes of at least 4 members (excludes halogenated alkanes) is 1. The van der Waals surface area contributed by atoms with Gasteiger partial charge in [0, 0.05) is 25.3 Å². The fourth-order valence-corrected chi connectivity index (χ4v) is 2.02. The third kappa shape index (κ3) is 5.44. The van der Waals surface area contributed by atoms with E-state index in [9.17, 15) is 0 Å². The number of hydrogen-bond donors (Lipinski definition) is 1. The van der Waals surface area contributed by atoms with Crippen molar-refractivity contribution in [3.63, 3.8) is 0 Å². The van der Waals surface area contributed by atoms with Crippen molar-refractivity contribution in [2.75, 3.05) is 41.1 Å². The molecule has 5 nitrogen and oxygen atoms in total. The van der Waals surface area contributed by atoms with E-state index in [4.69, 9.17) is 18.9 Å². The zero-order valence-corrected chi connectivity index (χ0v) is 13.5. The maximum atomic E-state index is 5.51. The SMILES string of the molecule is CCCCOCCNCc1ccc(OC)c(OC)c1OC. The third-order valence-corrected chi connectivity index (χ3v) is 3.17.